The first-order chi connectivity index (χ1) is 14.0. The second-order valence-corrected chi connectivity index (χ2v) is 6.61. The summed E-state index contributed by atoms with van der Waals surface area (Å²) >= 11 is 0. The van der Waals surface area contributed by atoms with Gasteiger partial charge in [0, 0.05) is 11.8 Å². The standard InChI is InChI=1S/C23H19NO5/c1-14-4-3-5-19-22(26)18-11-6-15(12-20(18)29-23(14)19)24-21(25)13-28-17-9-7-16(27-2)8-10-17/h3-12H,13H2,1-2H3,(H,24,25). The molecule has 4 rings (SSSR count). The summed E-state index contributed by atoms with van der Waals surface area (Å²) in [5.74, 6) is 0.953. The summed E-state index contributed by atoms with van der Waals surface area (Å²) < 4.78 is 16.5. The van der Waals surface area contributed by atoms with Crippen molar-refractivity contribution < 1.29 is 18.7 Å². The van der Waals surface area contributed by atoms with E-state index < -0.39 is 0 Å². The van der Waals surface area contributed by atoms with Crippen LogP contribution in [0.15, 0.2) is 69.9 Å². The van der Waals surface area contributed by atoms with Gasteiger partial charge in [-0.1, -0.05) is 12.1 Å². The third-order valence-electron chi connectivity index (χ3n) is 4.61. The van der Waals surface area contributed by atoms with Gasteiger partial charge in [0.1, 0.15) is 22.7 Å². The number of carbonyl (C=O) groups is 1. The maximum Gasteiger partial charge on any atom is 0.262 e. The first-order valence-electron chi connectivity index (χ1n) is 9.08. The summed E-state index contributed by atoms with van der Waals surface area (Å²) in [7, 11) is 1.58. The zero-order valence-electron chi connectivity index (χ0n) is 16.0. The molecule has 0 atom stereocenters. The lowest BCUT2D eigenvalue weighted by Crippen LogP contribution is -2.20. The number of ether oxygens (including phenoxy) is 2. The van der Waals surface area contributed by atoms with Crippen molar-refractivity contribution in [1.82, 2.24) is 0 Å². The number of amides is 1. The molecule has 1 N–H and O–H groups in total. The Labute approximate surface area is 166 Å². The van der Waals surface area contributed by atoms with Crippen molar-refractivity contribution in [1.29, 1.82) is 0 Å². The van der Waals surface area contributed by atoms with Crippen LogP contribution in [0.3, 0.4) is 0 Å². The number of carbonyl (C=O) groups excluding carboxylic acids is 1. The minimum atomic E-state index is -0.320. The summed E-state index contributed by atoms with van der Waals surface area (Å²) in [6.45, 7) is 1.74. The molecule has 0 fully saturated rings. The van der Waals surface area contributed by atoms with Gasteiger partial charge in [-0.2, -0.15) is 0 Å². The Balaban J connectivity index is 1.53. The van der Waals surface area contributed by atoms with Gasteiger partial charge >= 0.3 is 0 Å². The molecule has 0 aliphatic heterocycles. The maximum absolute atomic E-state index is 12.7. The van der Waals surface area contributed by atoms with Crippen molar-refractivity contribution in [2.45, 2.75) is 6.92 Å². The van der Waals surface area contributed by atoms with Crippen LogP contribution in [0.1, 0.15) is 5.56 Å². The van der Waals surface area contributed by atoms with Crippen molar-refractivity contribution in [3.63, 3.8) is 0 Å². The monoisotopic (exact) mass is 389 g/mol. The Morgan fingerprint density at radius 3 is 2.52 bits per heavy atom. The fraction of sp³-hybridized carbons (Fsp3) is 0.130. The highest BCUT2D eigenvalue weighted by Crippen LogP contribution is 2.24. The van der Waals surface area contributed by atoms with Crippen LogP contribution in [0.5, 0.6) is 11.5 Å². The summed E-state index contributed by atoms with van der Waals surface area (Å²) in [6, 6.07) is 17.4. The molecule has 29 heavy (non-hydrogen) atoms. The number of anilines is 1. The zero-order valence-corrected chi connectivity index (χ0v) is 16.0. The Bertz CT molecular complexity index is 1260. The fourth-order valence-corrected chi connectivity index (χ4v) is 3.11. The van der Waals surface area contributed by atoms with Gasteiger partial charge in [0.15, 0.2) is 6.61 Å². The molecule has 0 aliphatic rings. The van der Waals surface area contributed by atoms with E-state index in [0.29, 0.717) is 39.1 Å². The average molecular weight is 389 g/mol. The van der Waals surface area contributed by atoms with E-state index in [0.717, 1.165) is 5.56 Å². The number of aryl methyl sites for hydroxylation is 1. The molecule has 0 aliphatic carbocycles. The summed E-state index contributed by atoms with van der Waals surface area (Å²) in [4.78, 5) is 24.9. The average Bonchev–Trinajstić information content (AvgIpc) is 2.73. The molecular formula is C23H19NO5. The van der Waals surface area contributed by atoms with Crippen LogP contribution in [-0.2, 0) is 4.79 Å². The summed E-state index contributed by atoms with van der Waals surface area (Å²) in [5, 5.41) is 3.77. The molecule has 0 saturated carbocycles. The van der Waals surface area contributed by atoms with E-state index >= 15 is 0 Å². The Morgan fingerprint density at radius 1 is 1.00 bits per heavy atom. The summed E-state index contributed by atoms with van der Waals surface area (Å²) in [5.41, 5.74) is 2.29. The van der Waals surface area contributed by atoms with Crippen molar-refractivity contribution in [2.75, 3.05) is 19.0 Å². The molecule has 146 valence electrons. The van der Waals surface area contributed by atoms with Crippen LogP contribution in [0.25, 0.3) is 21.9 Å². The lowest BCUT2D eigenvalue weighted by atomic mass is 10.1. The van der Waals surface area contributed by atoms with Crippen LogP contribution in [0.4, 0.5) is 5.69 Å². The second-order valence-electron chi connectivity index (χ2n) is 6.61. The van der Waals surface area contributed by atoms with Gasteiger partial charge < -0.3 is 19.2 Å². The first kappa shape index (κ1) is 18.6. The predicted molar refractivity (Wildman–Crippen MR) is 112 cm³/mol. The fourth-order valence-electron chi connectivity index (χ4n) is 3.11. The van der Waals surface area contributed by atoms with E-state index in [1.165, 1.54) is 0 Å². The van der Waals surface area contributed by atoms with E-state index in [1.54, 1.807) is 55.6 Å². The second kappa shape index (κ2) is 7.67. The Kier molecular flexibility index (Phi) is 4.91. The van der Waals surface area contributed by atoms with E-state index in [1.807, 2.05) is 19.1 Å². The van der Waals surface area contributed by atoms with Gasteiger partial charge in [-0.3, -0.25) is 9.59 Å². The molecule has 0 spiro atoms. The molecule has 4 aromatic rings. The molecule has 0 bridgehead atoms. The van der Waals surface area contributed by atoms with Gasteiger partial charge in [-0.25, -0.2) is 0 Å². The van der Waals surface area contributed by atoms with E-state index in [9.17, 15) is 9.59 Å². The lowest BCUT2D eigenvalue weighted by Gasteiger charge is -2.09. The number of methoxy groups -OCH3 is 1. The number of nitrogens with one attached hydrogen (secondary N) is 1. The molecule has 1 heterocycles. The SMILES string of the molecule is COc1ccc(OCC(=O)Nc2ccc3c(=O)c4cccc(C)c4oc3c2)cc1. The number of rotatable bonds is 5. The maximum atomic E-state index is 12.7. The minimum absolute atomic E-state index is 0.0920. The van der Waals surface area contributed by atoms with Crippen molar-refractivity contribution in [2.24, 2.45) is 0 Å². The Hall–Kier alpha value is -3.80. The third-order valence-corrected chi connectivity index (χ3v) is 4.61. The summed E-state index contributed by atoms with van der Waals surface area (Å²) in [6.07, 6.45) is 0. The molecule has 6 heteroatoms. The van der Waals surface area contributed by atoms with Crippen LogP contribution in [0.2, 0.25) is 0 Å². The van der Waals surface area contributed by atoms with Gasteiger partial charge in [0.25, 0.3) is 5.91 Å². The van der Waals surface area contributed by atoms with E-state index in [4.69, 9.17) is 13.9 Å². The molecule has 3 aromatic carbocycles. The van der Waals surface area contributed by atoms with Crippen molar-refractivity contribution >= 4 is 33.5 Å². The van der Waals surface area contributed by atoms with Gasteiger partial charge in [-0.05, 0) is 55.0 Å². The molecule has 6 nitrogen and oxygen atoms in total. The highest BCUT2D eigenvalue weighted by Gasteiger charge is 2.11. The molecular weight excluding hydrogens is 370 g/mol. The Morgan fingerprint density at radius 2 is 1.76 bits per heavy atom. The smallest absolute Gasteiger partial charge is 0.262 e. The molecule has 0 radical (unpaired) electrons. The number of hydrogen-bond donors (Lipinski definition) is 1. The normalized spacial score (nSPS) is 10.8. The van der Waals surface area contributed by atoms with Gasteiger partial charge in [0.2, 0.25) is 5.43 Å². The molecule has 0 unspecified atom stereocenters. The van der Waals surface area contributed by atoms with Crippen molar-refractivity contribution in [3.8, 4) is 11.5 Å². The minimum Gasteiger partial charge on any atom is -0.497 e. The quantitative estimate of drug-likeness (QED) is 0.516. The third kappa shape index (κ3) is 3.78. The van der Waals surface area contributed by atoms with Crippen LogP contribution in [-0.4, -0.2) is 19.6 Å². The molecule has 1 amide bonds. The van der Waals surface area contributed by atoms with E-state index in [-0.39, 0.29) is 17.9 Å². The van der Waals surface area contributed by atoms with Crippen LogP contribution in [0, 0.1) is 6.92 Å². The number of fused-ring (bicyclic) bond motifs is 2. The van der Waals surface area contributed by atoms with Crippen LogP contribution < -0.4 is 20.2 Å². The van der Waals surface area contributed by atoms with Crippen LogP contribution >= 0.6 is 0 Å². The molecule has 0 saturated heterocycles. The number of benzene rings is 3. The van der Waals surface area contributed by atoms with Crippen molar-refractivity contribution in [3.05, 3.63) is 76.5 Å². The lowest BCUT2D eigenvalue weighted by molar-refractivity contribution is -0.118. The predicted octanol–water partition coefficient (Wildman–Crippen LogP) is 4.28. The largest absolute Gasteiger partial charge is 0.497 e. The van der Waals surface area contributed by atoms with Gasteiger partial charge in [0.05, 0.1) is 17.9 Å². The number of para-hydroxylation sites is 1. The highest BCUT2D eigenvalue weighted by atomic mass is 16.5. The van der Waals surface area contributed by atoms with Gasteiger partial charge in [-0.15, -0.1) is 0 Å². The highest BCUT2D eigenvalue weighted by molar-refractivity contribution is 5.96. The van der Waals surface area contributed by atoms with E-state index in [2.05, 4.69) is 5.32 Å². The molecule has 1 aromatic heterocycles. The topological polar surface area (TPSA) is 77.8 Å². The zero-order chi connectivity index (χ0) is 20.4. The number of hydrogen-bond acceptors (Lipinski definition) is 5. The first-order valence-corrected chi connectivity index (χ1v) is 9.08.